The molecule has 1 aliphatic heterocycles. The van der Waals surface area contributed by atoms with E-state index < -0.39 is 17.7 Å². The lowest BCUT2D eigenvalue weighted by Crippen LogP contribution is -2.32. The first-order valence-electron chi connectivity index (χ1n) is 11.0. The molecule has 0 bridgehead atoms. The van der Waals surface area contributed by atoms with Crippen molar-refractivity contribution in [3.05, 3.63) is 70.3 Å². The molecular weight excluding hydrogens is 406 g/mol. The molecule has 6 heteroatoms. The molecule has 2 aromatic carbocycles. The third-order valence-electron chi connectivity index (χ3n) is 5.69. The van der Waals surface area contributed by atoms with Gasteiger partial charge in [-0.25, -0.2) is 0 Å². The molecule has 0 aliphatic carbocycles. The molecule has 1 atom stereocenters. The standard InChI is InChI=1S/C26H31NO5/c1-5-6-14-32-20-11-9-19(10-12-20)23-22(25(29)26(30)27(23)13-15-31-4)24(28)21-16-17(2)7-8-18(21)3/h7-12,16,23,28H,5-6,13-15H2,1-4H3. The summed E-state index contributed by atoms with van der Waals surface area (Å²) in [6, 6.07) is 12.3. The summed E-state index contributed by atoms with van der Waals surface area (Å²) in [6.07, 6.45) is 2.01. The van der Waals surface area contributed by atoms with E-state index in [1.807, 2.05) is 56.3 Å². The van der Waals surface area contributed by atoms with Crippen molar-refractivity contribution in [3.8, 4) is 5.75 Å². The highest BCUT2D eigenvalue weighted by Crippen LogP contribution is 2.40. The van der Waals surface area contributed by atoms with E-state index in [-0.39, 0.29) is 24.5 Å². The summed E-state index contributed by atoms with van der Waals surface area (Å²) >= 11 is 0. The average molecular weight is 438 g/mol. The second-order valence-corrected chi connectivity index (χ2v) is 8.07. The van der Waals surface area contributed by atoms with Gasteiger partial charge < -0.3 is 19.5 Å². The van der Waals surface area contributed by atoms with Gasteiger partial charge in [0.1, 0.15) is 11.5 Å². The number of ether oxygens (including phenoxy) is 2. The number of unbranched alkanes of at least 4 members (excludes halogenated alkanes) is 1. The third-order valence-corrected chi connectivity index (χ3v) is 5.69. The van der Waals surface area contributed by atoms with Gasteiger partial charge >= 0.3 is 0 Å². The molecule has 170 valence electrons. The molecule has 0 aromatic heterocycles. The van der Waals surface area contributed by atoms with Gasteiger partial charge in [0.15, 0.2) is 0 Å². The molecule has 6 nitrogen and oxygen atoms in total. The van der Waals surface area contributed by atoms with Crippen LogP contribution < -0.4 is 4.74 Å². The number of Topliss-reactive ketones (excluding diaryl/α,β-unsaturated/α-hetero) is 1. The van der Waals surface area contributed by atoms with Crippen molar-refractivity contribution < 1.29 is 24.2 Å². The van der Waals surface area contributed by atoms with Gasteiger partial charge in [0.05, 0.1) is 24.8 Å². The van der Waals surface area contributed by atoms with Gasteiger partial charge in [0.25, 0.3) is 11.7 Å². The maximum absolute atomic E-state index is 13.0. The van der Waals surface area contributed by atoms with Crippen LogP contribution in [0.5, 0.6) is 5.75 Å². The van der Waals surface area contributed by atoms with Gasteiger partial charge in [-0.15, -0.1) is 0 Å². The predicted octanol–water partition coefficient (Wildman–Crippen LogP) is 4.55. The Morgan fingerprint density at radius 3 is 2.44 bits per heavy atom. The minimum atomic E-state index is -0.699. The highest BCUT2D eigenvalue weighted by molar-refractivity contribution is 6.46. The number of methoxy groups -OCH3 is 1. The highest BCUT2D eigenvalue weighted by atomic mass is 16.5. The fraction of sp³-hybridized carbons (Fsp3) is 0.385. The molecule has 3 rings (SSSR count). The third kappa shape index (κ3) is 4.86. The summed E-state index contributed by atoms with van der Waals surface area (Å²) in [5, 5.41) is 11.2. The van der Waals surface area contributed by atoms with Gasteiger partial charge in [-0.3, -0.25) is 9.59 Å². The SMILES string of the molecule is CCCCOc1ccc(C2C(=C(O)c3cc(C)ccc3C)C(=O)C(=O)N2CCOC)cc1. The van der Waals surface area contributed by atoms with Crippen LogP contribution in [-0.2, 0) is 14.3 Å². The Bertz CT molecular complexity index is 1010. The first-order chi connectivity index (χ1) is 15.4. The predicted molar refractivity (Wildman–Crippen MR) is 124 cm³/mol. The molecule has 1 heterocycles. The molecule has 1 unspecified atom stereocenters. The van der Waals surface area contributed by atoms with Crippen molar-refractivity contribution in [2.75, 3.05) is 26.9 Å². The van der Waals surface area contributed by atoms with Gasteiger partial charge in [0.2, 0.25) is 0 Å². The zero-order valence-corrected chi connectivity index (χ0v) is 19.2. The summed E-state index contributed by atoms with van der Waals surface area (Å²) in [5.74, 6) is -0.752. The van der Waals surface area contributed by atoms with Crippen LogP contribution in [0.15, 0.2) is 48.0 Å². The second kappa shape index (κ2) is 10.5. The highest BCUT2D eigenvalue weighted by Gasteiger charge is 2.46. The molecule has 0 spiro atoms. The van der Waals surface area contributed by atoms with Crippen molar-refractivity contribution in [1.29, 1.82) is 0 Å². The lowest BCUT2D eigenvalue weighted by atomic mass is 9.93. The minimum Gasteiger partial charge on any atom is -0.507 e. The summed E-state index contributed by atoms with van der Waals surface area (Å²) in [4.78, 5) is 27.4. The molecule has 0 radical (unpaired) electrons. The molecule has 0 saturated carbocycles. The monoisotopic (exact) mass is 437 g/mol. The van der Waals surface area contributed by atoms with Crippen LogP contribution in [-0.4, -0.2) is 48.6 Å². The summed E-state index contributed by atoms with van der Waals surface area (Å²) in [7, 11) is 1.55. The quantitative estimate of drug-likeness (QED) is 0.270. The number of ketones is 1. The van der Waals surface area contributed by atoms with Gasteiger partial charge in [-0.05, 0) is 49.6 Å². The van der Waals surface area contributed by atoms with Crippen molar-refractivity contribution in [2.45, 2.75) is 39.7 Å². The van der Waals surface area contributed by atoms with E-state index in [0.29, 0.717) is 12.2 Å². The number of benzene rings is 2. The lowest BCUT2D eigenvalue weighted by Gasteiger charge is -2.25. The molecule has 1 aliphatic rings. The van der Waals surface area contributed by atoms with Gasteiger partial charge in [-0.1, -0.05) is 43.2 Å². The van der Waals surface area contributed by atoms with Crippen LogP contribution >= 0.6 is 0 Å². The number of hydrogen-bond acceptors (Lipinski definition) is 5. The van der Waals surface area contributed by atoms with Crippen LogP contribution in [0, 0.1) is 13.8 Å². The smallest absolute Gasteiger partial charge is 0.295 e. The molecule has 2 aromatic rings. The second-order valence-electron chi connectivity index (χ2n) is 8.07. The van der Waals surface area contributed by atoms with E-state index in [0.717, 1.165) is 35.3 Å². The molecular formula is C26H31NO5. The van der Waals surface area contributed by atoms with E-state index in [4.69, 9.17) is 9.47 Å². The van der Waals surface area contributed by atoms with E-state index in [1.54, 1.807) is 7.11 Å². The molecule has 1 amide bonds. The topological polar surface area (TPSA) is 76.1 Å². The van der Waals surface area contributed by atoms with Gasteiger partial charge in [0, 0.05) is 19.2 Å². The van der Waals surface area contributed by atoms with Crippen LogP contribution in [0.25, 0.3) is 5.76 Å². The lowest BCUT2D eigenvalue weighted by molar-refractivity contribution is -0.140. The Kier molecular flexibility index (Phi) is 7.70. The number of likely N-dealkylation sites (tertiary alicyclic amines) is 1. The zero-order valence-electron chi connectivity index (χ0n) is 19.2. The number of aliphatic hydroxyl groups is 1. The van der Waals surface area contributed by atoms with E-state index in [2.05, 4.69) is 6.92 Å². The van der Waals surface area contributed by atoms with E-state index >= 15 is 0 Å². The van der Waals surface area contributed by atoms with E-state index in [9.17, 15) is 14.7 Å². The van der Waals surface area contributed by atoms with Crippen molar-refractivity contribution in [2.24, 2.45) is 0 Å². The number of carbonyl (C=O) groups excluding carboxylic acids is 2. The number of aliphatic hydroxyl groups excluding tert-OH is 1. The first kappa shape index (κ1) is 23.5. The minimum absolute atomic E-state index is 0.0967. The number of rotatable bonds is 9. The number of hydrogen-bond donors (Lipinski definition) is 1. The maximum atomic E-state index is 13.0. The van der Waals surface area contributed by atoms with E-state index in [1.165, 1.54) is 4.90 Å². The summed E-state index contributed by atoms with van der Waals surface area (Å²) in [5.41, 5.74) is 3.17. The van der Waals surface area contributed by atoms with Crippen LogP contribution in [0.1, 0.15) is 48.1 Å². The van der Waals surface area contributed by atoms with Crippen molar-refractivity contribution >= 4 is 17.4 Å². The average Bonchev–Trinajstić information content (AvgIpc) is 3.04. The molecule has 1 saturated heterocycles. The zero-order chi connectivity index (χ0) is 23.3. The largest absolute Gasteiger partial charge is 0.507 e. The fourth-order valence-corrected chi connectivity index (χ4v) is 3.86. The Morgan fingerprint density at radius 1 is 1.06 bits per heavy atom. The van der Waals surface area contributed by atoms with Crippen LogP contribution in [0.4, 0.5) is 0 Å². The fourth-order valence-electron chi connectivity index (χ4n) is 3.86. The van der Waals surface area contributed by atoms with Crippen LogP contribution in [0.3, 0.4) is 0 Å². The molecule has 1 fully saturated rings. The Balaban J connectivity index is 2.07. The normalized spacial score (nSPS) is 17.8. The first-order valence-corrected chi connectivity index (χ1v) is 11.0. The number of carbonyl (C=O) groups is 2. The van der Waals surface area contributed by atoms with Gasteiger partial charge in [-0.2, -0.15) is 0 Å². The number of nitrogens with zero attached hydrogens (tertiary/aromatic N) is 1. The van der Waals surface area contributed by atoms with Crippen molar-refractivity contribution in [1.82, 2.24) is 4.90 Å². The van der Waals surface area contributed by atoms with Crippen LogP contribution in [0.2, 0.25) is 0 Å². The maximum Gasteiger partial charge on any atom is 0.295 e. The number of amides is 1. The Morgan fingerprint density at radius 2 is 1.78 bits per heavy atom. The Hall–Kier alpha value is -3.12. The Labute approximate surface area is 189 Å². The molecule has 1 N–H and O–H groups in total. The van der Waals surface area contributed by atoms with Crippen molar-refractivity contribution in [3.63, 3.8) is 0 Å². The number of aryl methyl sites for hydroxylation is 2. The summed E-state index contributed by atoms with van der Waals surface area (Å²) in [6.45, 7) is 7.05. The molecule has 32 heavy (non-hydrogen) atoms. The summed E-state index contributed by atoms with van der Waals surface area (Å²) < 4.78 is 10.9.